The second-order valence-electron chi connectivity index (χ2n) is 5.16. The molecule has 1 aromatic carbocycles. The van der Waals surface area contributed by atoms with Crippen LogP contribution in [0, 0.1) is 0 Å². The number of carbonyl (C=O) groups excluding carboxylic acids is 2. The van der Waals surface area contributed by atoms with Gasteiger partial charge in [0, 0.05) is 37.5 Å². The Kier molecular flexibility index (Phi) is 7.23. The maximum Gasteiger partial charge on any atom is 0.221 e. The van der Waals surface area contributed by atoms with Crippen LogP contribution in [0.3, 0.4) is 0 Å². The number of nitrogens with one attached hydrogen (secondary N) is 1. The minimum absolute atomic E-state index is 0.0326. The van der Waals surface area contributed by atoms with Crippen LogP contribution in [0.1, 0.15) is 39.2 Å². The molecular weight excluding hydrogens is 288 g/mol. The number of hydrogen-bond donors (Lipinski definition) is 1. The van der Waals surface area contributed by atoms with E-state index in [-0.39, 0.29) is 17.9 Å². The van der Waals surface area contributed by atoms with Gasteiger partial charge in [-0.1, -0.05) is 36.7 Å². The Morgan fingerprint density at radius 2 is 2.00 bits per heavy atom. The molecule has 0 saturated carbocycles. The Hall–Kier alpha value is -1.55. The molecule has 1 atom stereocenters. The van der Waals surface area contributed by atoms with Gasteiger partial charge in [-0.2, -0.15) is 0 Å². The Balaban J connectivity index is 2.57. The summed E-state index contributed by atoms with van der Waals surface area (Å²) >= 11 is 6.11. The zero-order valence-electron chi connectivity index (χ0n) is 12.9. The Morgan fingerprint density at radius 1 is 1.33 bits per heavy atom. The first-order chi connectivity index (χ1) is 9.93. The van der Waals surface area contributed by atoms with Gasteiger partial charge in [0.05, 0.1) is 0 Å². The maximum atomic E-state index is 11.8. The molecule has 0 aromatic heterocycles. The average Bonchev–Trinajstić information content (AvgIpc) is 2.44. The number of rotatable bonds is 7. The van der Waals surface area contributed by atoms with Gasteiger partial charge in [-0.05, 0) is 25.0 Å². The highest BCUT2D eigenvalue weighted by Gasteiger charge is 2.14. The lowest BCUT2D eigenvalue weighted by Crippen LogP contribution is -2.36. The van der Waals surface area contributed by atoms with Gasteiger partial charge in [-0.3, -0.25) is 9.59 Å². The fourth-order valence-corrected chi connectivity index (χ4v) is 2.06. The van der Waals surface area contributed by atoms with Gasteiger partial charge in [0.1, 0.15) is 0 Å². The summed E-state index contributed by atoms with van der Waals surface area (Å²) in [6, 6.07) is 7.58. The first kappa shape index (κ1) is 17.5. The fourth-order valence-electron chi connectivity index (χ4n) is 1.87. The van der Waals surface area contributed by atoms with Crippen LogP contribution in [0.5, 0.6) is 0 Å². The number of halogens is 1. The van der Waals surface area contributed by atoms with Crippen molar-refractivity contribution < 1.29 is 9.59 Å². The third kappa shape index (κ3) is 6.17. The molecule has 0 fully saturated rings. The van der Waals surface area contributed by atoms with Crippen LogP contribution in [0.15, 0.2) is 24.3 Å². The third-order valence-corrected chi connectivity index (χ3v) is 3.76. The van der Waals surface area contributed by atoms with Crippen LogP contribution in [-0.4, -0.2) is 29.3 Å². The number of nitrogens with zero attached hydrogens (tertiary/aromatic N) is 1. The summed E-state index contributed by atoms with van der Waals surface area (Å²) in [4.78, 5) is 25.1. The van der Waals surface area contributed by atoms with E-state index < -0.39 is 0 Å². The van der Waals surface area contributed by atoms with E-state index in [1.807, 2.05) is 32.0 Å². The molecule has 0 heterocycles. The normalized spacial score (nSPS) is 11.8. The minimum Gasteiger partial charge on any atom is -0.354 e. The fraction of sp³-hybridized carbons (Fsp3) is 0.500. The Bertz CT molecular complexity index is 491. The average molecular weight is 311 g/mol. The molecule has 0 spiro atoms. The van der Waals surface area contributed by atoms with Crippen LogP contribution in [-0.2, 0) is 16.1 Å². The van der Waals surface area contributed by atoms with Gasteiger partial charge in [0.25, 0.3) is 0 Å². The van der Waals surface area contributed by atoms with Crippen molar-refractivity contribution in [3.8, 4) is 0 Å². The molecule has 1 aromatic rings. The largest absolute Gasteiger partial charge is 0.354 e. The molecular formula is C16H23ClN2O2. The second-order valence-corrected chi connectivity index (χ2v) is 5.57. The number of hydrogen-bond acceptors (Lipinski definition) is 2. The van der Waals surface area contributed by atoms with E-state index in [0.29, 0.717) is 24.5 Å². The molecule has 116 valence electrons. The highest BCUT2D eigenvalue weighted by atomic mass is 35.5. The zero-order valence-corrected chi connectivity index (χ0v) is 13.6. The molecule has 5 heteroatoms. The first-order valence-electron chi connectivity index (χ1n) is 7.22. The van der Waals surface area contributed by atoms with Crippen molar-refractivity contribution in [3.63, 3.8) is 0 Å². The highest BCUT2D eigenvalue weighted by molar-refractivity contribution is 6.31. The van der Waals surface area contributed by atoms with Crippen molar-refractivity contribution in [2.45, 2.75) is 46.2 Å². The van der Waals surface area contributed by atoms with Crippen LogP contribution < -0.4 is 5.32 Å². The van der Waals surface area contributed by atoms with E-state index >= 15 is 0 Å². The molecule has 21 heavy (non-hydrogen) atoms. The summed E-state index contributed by atoms with van der Waals surface area (Å²) in [6.45, 7) is 6.30. The Morgan fingerprint density at radius 3 is 2.57 bits per heavy atom. The van der Waals surface area contributed by atoms with Gasteiger partial charge in [0.15, 0.2) is 0 Å². The van der Waals surface area contributed by atoms with Crippen LogP contribution in [0.25, 0.3) is 0 Å². The maximum absolute atomic E-state index is 11.8. The van der Waals surface area contributed by atoms with Gasteiger partial charge in [-0.25, -0.2) is 0 Å². The lowest BCUT2D eigenvalue weighted by molar-refractivity contribution is -0.130. The molecule has 0 aliphatic rings. The van der Waals surface area contributed by atoms with E-state index in [0.717, 1.165) is 12.0 Å². The molecule has 0 radical (unpaired) electrons. The molecule has 0 bridgehead atoms. The van der Waals surface area contributed by atoms with Crippen LogP contribution in [0.2, 0.25) is 5.02 Å². The molecule has 1 unspecified atom stereocenters. The van der Waals surface area contributed by atoms with Crippen molar-refractivity contribution in [1.29, 1.82) is 0 Å². The first-order valence-corrected chi connectivity index (χ1v) is 7.60. The molecule has 1 rings (SSSR count). The number of amides is 2. The second kappa shape index (κ2) is 8.67. The topological polar surface area (TPSA) is 49.4 Å². The molecule has 1 N–H and O–H groups in total. The zero-order chi connectivity index (χ0) is 15.8. The summed E-state index contributed by atoms with van der Waals surface area (Å²) in [5.41, 5.74) is 0.886. The highest BCUT2D eigenvalue weighted by Crippen LogP contribution is 2.17. The summed E-state index contributed by atoms with van der Waals surface area (Å²) in [5, 5.41) is 3.53. The Labute approximate surface area is 131 Å². The van der Waals surface area contributed by atoms with Gasteiger partial charge in [-0.15, -0.1) is 0 Å². The van der Waals surface area contributed by atoms with Crippen molar-refractivity contribution in [2.24, 2.45) is 0 Å². The smallest absolute Gasteiger partial charge is 0.221 e. The van der Waals surface area contributed by atoms with Crippen molar-refractivity contribution in [3.05, 3.63) is 34.9 Å². The van der Waals surface area contributed by atoms with E-state index in [1.165, 1.54) is 6.92 Å². The van der Waals surface area contributed by atoms with Gasteiger partial charge >= 0.3 is 0 Å². The van der Waals surface area contributed by atoms with Crippen LogP contribution in [0.4, 0.5) is 0 Å². The minimum atomic E-state index is -0.0636. The molecule has 0 aliphatic carbocycles. The van der Waals surface area contributed by atoms with E-state index in [1.54, 1.807) is 11.0 Å². The predicted octanol–water partition coefficient (Wildman–Crippen LogP) is 2.99. The molecule has 4 nitrogen and oxygen atoms in total. The van der Waals surface area contributed by atoms with Crippen molar-refractivity contribution >= 4 is 23.4 Å². The van der Waals surface area contributed by atoms with E-state index in [2.05, 4.69) is 5.32 Å². The van der Waals surface area contributed by atoms with Gasteiger partial charge < -0.3 is 10.2 Å². The summed E-state index contributed by atoms with van der Waals surface area (Å²) in [5.74, 6) is -0.0963. The SMILES string of the molecule is CCC(C)NC(=O)CCN(Cc1ccccc1Cl)C(C)=O. The summed E-state index contributed by atoms with van der Waals surface area (Å²) in [6.07, 6.45) is 1.19. The molecule has 2 amide bonds. The summed E-state index contributed by atoms with van der Waals surface area (Å²) < 4.78 is 0. The van der Waals surface area contributed by atoms with Crippen molar-refractivity contribution in [1.82, 2.24) is 10.2 Å². The lowest BCUT2D eigenvalue weighted by atomic mass is 10.2. The quantitative estimate of drug-likeness (QED) is 0.841. The molecule has 0 aliphatic heterocycles. The third-order valence-electron chi connectivity index (χ3n) is 3.39. The van der Waals surface area contributed by atoms with Crippen molar-refractivity contribution in [2.75, 3.05) is 6.54 Å². The number of benzene rings is 1. The standard InChI is InChI=1S/C16H23ClN2O2/c1-4-12(2)18-16(21)9-10-19(13(3)20)11-14-7-5-6-8-15(14)17/h5-8,12H,4,9-11H2,1-3H3,(H,18,21). The number of carbonyl (C=O) groups is 2. The van der Waals surface area contributed by atoms with E-state index in [9.17, 15) is 9.59 Å². The monoisotopic (exact) mass is 310 g/mol. The van der Waals surface area contributed by atoms with E-state index in [4.69, 9.17) is 11.6 Å². The van der Waals surface area contributed by atoms with Gasteiger partial charge in [0.2, 0.25) is 11.8 Å². The lowest BCUT2D eigenvalue weighted by Gasteiger charge is -2.22. The molecule has 0 saturated heterocycles. The summed E-state index contributed by atoms with van der Waals surface area (Å²) in [7, 11) is 0. The van der Waals surface area contributed by atoms with Crippen LogP contribution >= 0.6 is 11.6 Å². The predicted molar refractivity (Wildman–Crippen MR) is 85.1 cm³/mol.